The molecule has 0 spiro atoms. The van der Waals surface area contributed by atoms with Crippen molar-refractivity contribution in [1.29, 1.82) is 0 Å². The summed E-state index contributed by atoms with van der Waals surface area (Å²) >= 11 is 5.97. The van der Waals surface area contributed by atoms with Gasteiger partial charge in [0.15, 0.2) is 0 Å². The van der Waals surface area contributed by atoms with Gasteiger partial charge in [0.2, 0.25) is 0 Å². The Bertz CT molecular complexity index is 507. The minimum absolute atomic E-state index is 0.493. The van der Waals surface area contributed by atoms with Crippen molar-refractivity contribution in [2.24, 2.45) is 5.73 Å². The van der Waals surface area contributed by atoms with Gasteiger partial charge in [0, 0.05) is 10.6 Å². The number of nitrogens with one attached hydrogen (secondary N) is 1. The lowest BCUT2D eigenvalue weighted by Gasteiger charge is -2.21. The van der Waals surface area contributed by atoms with E-state index in [4.69, 9.17) is 22.1 Å². The highest BCUT2D eigenvalue weighted by molar-refractivity contribution is 6.31. The SMILES string of the molecule is C=C(CCN)c1ccc(Cl)cc1NC(=O)OC(C)(C)C. The van der Waals surface area contributed by atoms with E-state index in [0.717, 1.165) is 11.1 Å². The standard InChI is InChI=1S/C15H21ClN2O2/c1-10(7-8-17)12-6-5-11(16)9-13(12)18-14(19)20-15(2,3)4/h5-6,9H,1,7-8,17H2,2-4H3,(H,18,19). The zero-order valence-electron chi connectivity index (χ0n) is 12.1. The van der Waals surface area contributed by atoms with Gasteiger partial charge in [-0.25, -0.2) is 4.79 Å². The Hall–Kier alpha value is -1.52. The summed E-state index contributed by atoms with van der Waals surface area (Å²) in [5.41, 5.74) is 7.20. The molecule has 0 aromatic heterocycles. The van der Waals surface area contributed by atoms with Crippen molar-refractivity contribution < 1.29 is 9.53 Å². The summed E-state index contributed by atoms with van der Waals surface area (Å²) < 4.78 is 5.23. The van der Waals surface area contributed by atoms with Crippen LogP contribution in [-0.4, -0.2) is 18.2 Å². The molecule has 0 bridgehead atoms. The molecule has 1 aromatic rings. The Kier molecular flexibility index (Phi) is 5.60. The van der Waals surface area contributed by atoms with Crippen LogP contribution in [0, 0.1) is 0 Å². The van der Waals surface area contributed by atoms with Gasteiger partial charge in [-0.3, -0.25) is 5.32 Å². The Morgan fingerprint density at radius 1 is 1.45 bits per heavy atom. The fraction of sp³-hybridized carbons (Fsp3) is 0.400. The fourth-order valence-electron chi connectivity index (χ4n) is 1.65. The molecule has 0 heterocycles. The number of hydrogen-bond donors (Lipinski definition) is 2. The maximum atomic E-state index is 11.8. The predicted molar refractivity (Wildman–Crippen MR) is 84.0 cm³/mol. The molecule has 0 aliphatic rings. The van der Waals surface area contributed by atoms with Crippen LogP contribution in [0.4, 0.5) is 10.5 Å². The van der Waals surface area contributed by atoms with E-state index in [-0.39, 0.29) is 0 Å². The van der Waals surface area contributed by atoms with E-state index in [2.05, 4.69) is 11.9 Å². The first-order valence-electron chi connectivity index (χ1n) is 6.40. The first-order chi connectivity index (χ1) is 9.23. The number of carbonyl (C=O) groups excluding carboxylic acids is 1. The maximum Gasteiger partial charge on any atom is 0.412 e. The average Bonchev–Trinajstić information content (AvgIpc) is 2.26. The van der Waals surface area contributed by atoms with E-state index in [0.29, 0.717) is 23.7 Å². The third-order valence-electron chi connectivity index (χ3n) is 2.44. The van der Waals surface area contributed by atoms with Crippen molar-refractivity contribution in [2.75, 3.05) is 11.9 Å². The predicted octanol–water partition coefficient (Wildman–Crippen LogP) is 4.05. The Labute approximate surface area is 124 Å². The first-order valence-corrected chi connectivity index (χ1v) is 6.78. The zero-order valence-corrected chi connectivity index (χ0v) is 12.9. The second-order valence-electron chi connectivity index (χ2n) is 5.46. The monoisotopic (exact) mass is 296 g/mol. The minimum Gasteiger partial charge on any atom is -0.444 e. The smallest absolute Gasteiger partial charge is 0.412 e. The number of ether oxygens (including phenoxy) is 1. The second kappa shape index (κ2) is 6.77. The Morgan fingerprint density at radius 3 is 2.65 bits per heavy atom. The van der Waals surface area contributed by atoms with Crippen molar-refractivity contribution in [1.82, 2.24) is 0 Å². The van der Waals surface area contributed by atoms with Gasteiger partial charge in [0.05, 0.1) is 5.69 Å². The van der Waals surface area contributed by atoms with Crippen LogP contribution < -0.4 is 11.1 Å². The van der Waals surface area contributed by atoms with Gasteiger partial charge in [-0.15, -0.1) is 0 Å². The minimum atomic E-state index is -0.558. The normalized spacial score (nSPS) is 11.1. The molecular formula is C15H21ClN2O2. The van der Waals surface area contributed by atoms with E-state index in [1.54, 1.807) is 32.9 Å². The molecule has 0 aliphatic heterocycles. The summed E-state index contributed by atoms with van der Waals surface area (Å²) in [6, 6.07) is 5.23. The van der Waals surface area contributed by atoms with Gasteiger partial charge in [-0.1, -0.05) is 24.2 Å². The van der Waals surface area contributed by atoms with Crippen molar-refractivity contribution in [3.63, 3.8) is 0 Å². The quantitative estimate of drug-likeness (QED) is 0.881. The molecule has 0 atom stereocenters. The third-order valence-corrected chi connectivity index (χ3v) is 2.68. The number of rotatable bonds is 4. The molecule has 5 heteroatoms. The van der Waals surface area contributed by atoms with Gasteiger partial charge in [0.25, 0.3) is 0 Å². The lowest BCUT2D eigenvalue weighted by atomic mass is 10.0. The molecule has 0 saturated carbocycles. The van der Waals surface area contributed by atoms with Crippen LogP contribution in [0.5, 0.6) is 0 Å². The molecule has 4 nitrogen and oxygen atoms in total. The third kappa shape index (κ3) is 5.23. The van der Waals surface area contributed by atoms with Crippen LogP contribution in [0.2, 0.25) is 5.02 Å². The molecule has 20 heavy (non-hydrogen) atoms. The molecule has 1 rings (SSSR count). The van der Waals surface area contributed by atoms with Crippen molar-refractivity contribution in [2.45, 2.75) is 32.8 Å². The molecule has 0 saturated heterocycles. The molecule has 0 fully saturated rings. The number of carbonyl (C=O) groups is 1. The molecule has 0 radical (unpaired) electrons. The van der Waals surface area contributed by atoms with E-state index in [1.165, 1.54) is 0 Å². The molecule has 3 N–H and O–H groups in total. The topological polar surface area (TPSA) is 64.3 Å². The van der Waals surface area contributed by atoms with Crippen LogP contribution in [0.25, 0.3) is 5.57 Å². The van der Waals surface area contributed by atoms with Gasteiger partial charge < -0.3 is 10.5 Å². The van der Waals surface area contributed by atoms with Crippen LogP contribution in [0.3, 0.4) is 0 Å². The fourth-order valence-corrected chi connectivity index (χ4v) is 1.82. The van der Waals surface area contributed by atoms with Crippen LogP contribution in [-0.2, 0) is 4.74 Å². The van der Waals surface area contributed by atoms with E-state index in [9.17, 15) is 4.79 Å². The van der Waals surface area contributed by atoms with E-state index in [1.807, 2.05) is 6.07 Å². The summed E-state index contributed by atoms with van der Waals surface area (Å²) in [7, 11) is 0. The lowest BCUT2D eigenvalue weighted by molar-refractivity contribution is 0.0636. The summed E-state index contributed by atoms with van der Waals surface area (Å²) in [5, 5.41) is 3.23. The summed E-state index contributed by atoms with van der Waals surface area (Å²) in [6.07, 6.45) is 0.117. The maximum absolute atomic E-state index is 11.8. The number of anilines is 1. The van der Waals surface area contributed by atoms with Crippen LogP contribution in [0.15, 0.2) is 24.8 Å². The summed E-state index contributed by atoms with van der Waals surface area (Å²) in [4.78, 5) is 11.8. The molecule has 110 valence electrons. The molecule has 0 unspecified atom stereocenters. The Balaban J connectivity index is 2.95. The largest absolute Gasteiger partial charge is 0.444 e. The number of halogens is 1. The number of hydrogen-bond acceptors (Lipinski definition) is 3. The number of nitrogens with two attached hydrogens (primary N) is 1. The second-order valence-corrected chi connectivity index (χ2v) is 5.90. The van der Waals surface area contributed by atoms with E-state index >= 15 is 0 Å². The highest BCUT2D eigenvalue weighted by Gasteiger charge is 2.17. The number of amides is 1. The zero-order chi connectivity index (χ0) is 15.3. The summed E-state index contributed by atoms with van der Waals surface area (Å²) in [6.45, 7) is 9.88. The van der Waals surface area contributed by atoms with Gasteiger partial charge in [-0.05, 0) is 51.4 Å². The summed E-state index contributed by atoms with van der Waals surface area (Å²) in [5.74, 6) is 0. The molecule has 0 aliphatic carbocycles. The molecule has 1 aromatic carbocycles. The molecule has 1 amide bonds. The molecular weight excluding hydrogens is 276 g/mol. The lowest BCUT2D eigenvalue weighted by Crippen LogP contribution is -2.27. The highest BCUT2D eigenvalue weighted by atomic mass is 35.5. The Morgan fingerprint density at radius 2 is 2.10 bits per heavy atom. The van der Waals surface area contributed by atoms with Crippen LogP contribution >= 0.6 is 11.6 Å². The van der Waals surface area contributed by atoms with Gasteiger partial charge in [-0.2, -0.15) is 0 Å². The van der Waals surface area contributed by atoms with Crippen molar-refractivity contribution >= 4 is 29.0 Å². The van der Waals surface area contributed by atoms with Crippen LogP contribution in [0.1, 0.15) is 32.8 Å². The first kappa shape index (κ1) is 16.5. The van der Waals surface area contributed by atoms with E-state index < -0.39 is 11.7 Å². The highest BCUT2D eigenvalue weighted by Crippen LogP contribution is 2.28. The van der Waals surface area contributed by atoms with Crippen molar-refractivity contribution in [3.8, 4) is 0 Å². The number of benzene rings is 1. The van der Waals surface area contributed by atoms with Gasteiger partial charge >= 0.3 is 6.09 Å². The van der Waals surface area contributed by atoms with Crippen molar-refractivity contribution in [3.05, 3.63) is 35.4 Å². The van der Waals surface area contributed by atoms with Gasteiger partial charge in [0.1, 0.15) is 5.60 Å². The average molecular weight is 297 g/mol.